The van der Waals surface area contributed by atoms with Gasteiger partial charge in [-0.1, -0.05) is 5.16 Å². The van der Waals surface area contributed by atoms with Crippen LogP contribution < -0.4 is 5.32 Å². The van der Waals surface area contributed by atoms with Crippen molar-refractivity contribution >= 4 is 6.21 Å². The van der Waals surface area contributed by atoms with Crippen molar-refractivity contribution in [2.45, 2.75) is 0 Å². The number of nitrogens with one attached hydrogen (secondary N) is 1. The molecule has 2 heterocycles. The maximum absolute atomic E-state index is 4.93. The molecule has 50 valence electrons. The third-order valence-corrected chi connectivity index (χ3v) is 1.30. The topological polar surface area (TPSA) is 33.6 Å². The SMILES string of the molecule is C1=CNC2=CC=NOC2=C1. The van der Waals surface area contributed by atoms with Gasteiger partial charge in [-0.3, -0.25) is 0 Å². The van der Waals surface area contributed by atoms with Gasteiger partial charge in [0.05, 0.1) is 11.9 Å². The molecule has 0 bridgehead atoms. The summed E-state index contributed by atoms with van der Waals surface area (Å²) in [6, 6.07) is 0. The first-order valence-corrected chi connectivity index (χ1v) is 3.01. The normalized spacial score (nSPS) is 20.0. The molecule has 0 aromatic carbocycles. The lowest BCUT2D eigenvalue weighted by molar-refractivity contribution is 0.231. The van der Waals surface area contributed by atoms with Crippen LogP contribution in [-0.4, -0.2) is 6.21 Å². The number of fused-ring (bicyclic) bond motifs is 1. The van der Waals surface area contributed by atoms with Crippen LogP contribution in [0, 0.1) is 0 Å². The van der Waals surface area contributed by atoms with Crippen LogP contribution >= 0.6 is 0 Å². The van der Waals surface area contributed by atoms with E-state index in [1.807, 2.05) is 24.4 Å². The van der Waals surface area contributed by atoms with Crippen molar-refractivity contribution in [2.75, 3.05) is 0 Å². The van der Waals surface area contributed by atoms with Crippen molar-refractivity contribution in [2.24, 2.45) is 5.16 Å². The maximum atomic E-state index is 4.93. The Kier molecular flexibility index (Phi) is 1.07. The molecule has 3 heteroatoms. The van der Waals surface area contributed by atoms with Crippen LogP contribution in [0.3, 0.4) is 0 Å². The largest absolute Gasteiger partial charge is 0.359 e. The van der Waals surface area contributed by atoms with Crippen LogP contribution in [-0.2, 0) is 4.84 Å². The van der Waals surface area contributed by atoms with Crippen molar-refractivity contribution in [3.05, 3.63) is 35.9 Å². The molecule has 2 aliphatic heterocycles. The second-order valence-electron chi connectivity index (χ2n) is 1.96. The highest BCUT2D eigenvalue weighted by molar-refractivity contribution is 5.74. The summed E-state index contributed by atoms with van der Waals surface area (Å²) in [5.74, 6) is 0.769. The summed E-state index contributed by atoms with van der Waals surface area (Å²) in [5.41, 5.74) is 0.956. The molecule has 2 aliphatic rings. The van der Waals surface area contributed by atoms with Gasteiger partial charge in [-0.2, -0.15) is 0 Å². The van der Waals surface area contributed by atoms with Crippen LogP contribution in [0.15, 0.2) is 41.0 Å². The highest BCUT2D eigenvalue weighted by Crippen LogP contribution is 2.14. The molecular formula is C7H6N2O. The van der Waals surface area contributed by atoms with Gasteiger partial charge in [-0.25, -0.2) is 0 Å². The van der Waals surface area contributed by atoms with Gasteiger partial charge in [-0.15, -0.1) is 0 Å². The third-order valence-electron chi connectivity index (χ3n) is 1.30. The van der Waals surface area contributed by atoms with E-state index in [4.69, 9.17) is 4.84 Å². The van der Waals surface area contributed by atoms with Gasteiger partial charge >= 0.3 is 0 Å². The summed E-state index contributed by atoms with van der Waals surface area (Å²) < 4.78 is 0. The zero-order chi connectivity index (χ0) is 6.81. The van der Waals surface area contributed by atoms with E-state index >= 15 is 0 Å². The van der Waals surface area contributed by atoms with Gasteiger partial charge in [-0.05, 0) is 18.2 Å². The van der Waals surface area contributed by atoms with E-state index in [-0.39, 0.29) is 0 Å². The van der Waals surface area contributed by atoms with E-state index in [2.05, 4.69) is 10.5 Å². The lowest BCUT2D eigenvalue weighted by Gasteiger charge is -2.13. The van der Waals surface area contributed by atoms with Crippen LogP contribution in [0.1, 0.15) is 0 Å². The van der Waals surface area contributed by atoms with E-state index < -0.39 is 0 Å². The maximum Gasteiger partial charge on any atom is 0.181 e. The standard InChI is InChI=1S/C7H6N2O/c1-2-7-6(8-4-1)3-5-9-10-7/h1-5,8H. The Morgan fingerprint density at radius 3 is 3.30 bits per heavy atom. The van der Waals surface area contributed by atoms with Crippen LogP contribution in [0.5, 0.6) is 0 Å². The quantitative estimate of drug-likeness (QED) is 0.533. The lowest BCUT2D eigenvalue weighted by Crippen LogP contribution is -2.13. The predicted octanol–water partition coefficient (Wildman–Crippen LogP) is 0.887. The van der Waals surface area contributed by atoms with E-state index in [9.17, 15) is 0 Å². The fraction of sp³-hybridized carbons (Fsp3) is 0. The van der Waals surface area contributed by atoms with Gasteiger partial charge in [0, 0.05) is 6.20 Å². The Morgan fingerprint density at radius 1 is 1.40 bits per heavy atom. The average molecular weight is 134 g/mol. The summed E-state index contributed by atoms with van der Waals surface area (Å²) in [7, 11) is 0. The molecule has 3 nitrogen and oxygen atoms in total. The molecule has 0 unspecified atom stereocenters. The zero-order valence-corrected chi connectivity index (χ0v) is 5.24. The molecule has 0 atom stereocenters. The third kappa shape index (κ3) is 0.719. The van der Waals surface area contributed by atoms with E-state index in [1.54, 1.807) is 6.21 Å². The second kappa shape index (κ2) is 2.02. The first-order chi connectivity index (χ1) is 4.97. The molecule has 0 radical (unpaired) electrons. The number of rotatable bonds is 0. The number of nitrogens with zero attached hydrogens (tertiary/aromatic N) is 1. The monoisotopic (exact) mass is 134 g/mol. The fourth-order valence-electron chi connectivity index (χ4n) is 0.836. The summed E-state index contributed by atoms with van der Waals surface area (Å²) in [6.07, 6.45) is 9.04. The smallest absolute Gasteiger partial charge is 0.181 e. The van der Waals surface area contributed by atoms with Gasteiger partial charge in [0.15, 0.2) is 5.76 Å². The lowest BCUT2D eigenvalue weighted by atomic mass is 10.2. The van der Waals surface area contributed by atoms with E-state index in [1.165, 1.54) is 0 Å². The summed E-state index contributed by atoms with van der Waals surface area (Å²) >= 11 is 0. The molecule has 0 aromatic rings. The van der Waals surface area contributed by atoms with Crippen molar-refractivity contribution < 1.29 is 4.84 Å². The summed E-state index contributed by atoms with van der Waals surface area (Å²) in [5, 5.41) is 6.63. The van der Waals surface area contributed by atoms with Gasteiger partial charge in [0.25, 0.3) is 0 Å². The molecule has 10 heavy (non-hydrogen) atoms. The molecular weight excluding hydrogens is 128 g/mol. The molecule has 0 saturated carbocycles. The van der Waals surface area contributed by atoms with Crippen LogP contribution in [0.25, 0.3) is 0 Å². The average Bonchev–Trinajstić information content (AvgIpc) is 2.05. The minimum atomic E-state index is 0.769. The van der Waals surface area contributed by atoms with Gasteiger partial charge in [0.1, 0.15) is 0 Å². The Balaban J connectivity index is 2.38. The zero-order valence-electron chi connectivity index (χ0n) is 5.24. The van der Waals surface area contributed by atoms with Gasteiger partial charge < -0.3 is 10.2 Å². The van der Waals surface area contributed by atoms with Crippen LogP contribution in [0.2, 0.25) is 0 Å². The second-order valence-corrected chi connectivity index (χ2v) is 1.96. The van der Waals surface area contributed by atoms with Crippen LogP contribution in [0.4, 0.5) is 0 Å². The van der Waals surface area contributed by atoms with E-state index in [0.29, 0.717) is 0 Å². The molecule has 0 amide bonds. The van der Waals surface area contributed by atoms with Crippen molar-refractivity contribution in [3.63, 3.8) is 0 Å². The highest BCUT2D eigenvalue weighted by Gasteiger charge is 2.09. The molecule has 0 aromatic heterocycles. The highest BCUT2D eigenvalue weighted by atomic mass is 16.6. The number of allylic oxidation sites excluding steroid dienone is 3. The number of hydrogen-bond acceptors (Lipinski definition) is 3. The first kappa shape index (κ1) is 5.29. The molecule has 1 N–H and O–H groups in total. The van der Waals surface area contributed by atoms with Crippen molar-refractivity contribution in [3.8, 4) is 0 Å². The predicted molar refractivity (Wildman–Crippen MR) is 38.0 cm³/mol. The minimum absolute atomic E-state index is 0.769. The van der Waals surface area contributed by atoms with Gasteiger partial charge in [0.2, 0.25) is 0 Å². The Labute approximate surface area is 58.4 Å². The summed E-state index contributed by atoms with van der Waals surface area (Å²) in [4.78, 5) is 4.93. The number of oxime groups is 1. The first-order valence-electron chi connectivity index (χ1n) is 3.01. The minimum Gasteiger partial charge on any atom is -0.359 e. The Bertz CT molecular complexity index is 233. The number of dihydropyridines is 1. The fourth-order valence-corrected chi connectivity index (χ4v) is 0.836. The summed E-state index contributed by atoms with van der Waals surface area (Å²) in [6.45, 7) is 0. The molecule has 0 aliphatic carbocycles. The molecule has 0 saturated heterocycles. The molecule has 2 rings (SSSR count). The van der Waals surface area contributed by atoms with Crippen molar-refractivity contribution in [1.29, 1.82) is 0 Å². The molecule has 0 spiro atoms. The molecule has 0 fully saturated rings. The Morgan fingerprint density at radius 2 is 2.40 bits per heavy atom. The Hall–Kier alpha value is -1.51. The van der Waals surface area contributed by atoms with Crippen molar-refractivity contribution in [1.82, 2.24) is 5.32 Å². The van der Waals surface area contributed by atoms with E-state index in [0.717, 1.165) is 11.5 Å². The number of hydrogen-bond donors (Lipinski definition) is 1.